The summed E-state index contributed by atoms with van der Waals surface area (Å²) in [5.41, 5.74) is 10.3. The van der Waals surface area contributed by atoms with Gasteiger partial charge in [-0.1, -0.05) is 171 Å². The highest BCUT2D eigenvalue weighted by atomic mass is 14.2. The van der Waals surface area contributed by atoms with Crippen LogP contribution < -0.4 is 0 Å². The van der Waals surface area contributed by atoms with Crippen LogP contribution in [-0.2, 0) is 6.42 Å². The van der Waals surface area contributed by atoms with Gasteiger partial charge in [-0.05, 0) is 118 Å². The van der Waals surface area contributed by atoms with Crippen molar-refractivity contribution in [2.45, 2.75) is 27.2 Å². The molecule has 0 nitrogen and oxygen atoms in total. The molecule has 0 unspecified atom stereocenters. The molecule has 9 rings (SSSR count). The summed E-state index contributed by atoms with van der Waals surface area (Å²) in [6, 6.07) is 58.9. The maximum absolute atomic E-state index is 2.42. The number of aryl methyl sites for hydroxylation is 1. The highest BCUT2D eigenvalue weighted by Crippen LogP contribution is 2.46. The van der Waals surface area contributed by atoms with Gasteiger partial charge in [-0.3, -0.25) is 0 Å². The summed E-state index contributed by atoms with van der Waals surface area (Å²) >= 11 is 0. The van der Waals surface area contributed by atoms with Gasteiger partial charge >= 0.3 is 0 Å². The first-order valence-electron chi connectivity index (χ1n) is 17.5. The van der Waals surface area contributed by atoms with Crippen LogP contribution in [0.15, 0.2) is 158 Å². The van der Waals surface area contributed by atoms with Crippen molar-refractivity contribution < 1.29 is 0 Å². The van der Waals surface area contributed by atoms with Crippen LogP contribution >= 0.6 is 0 Å². The molecule has 0 heterocycles. The molecule has 0 bridgehead atoms. The van der Waals surface area contributed by atoms with E-state index in [1.807, 2.05) is 0 Å². The van der Waals surface area contributed by atoms with Gasteiger partial charge in [-0.25, -0.2) is 0 Å². The highest BCUT2D eigenvalue weighted by Gasteiger charge is 2.19. The first-order valence-corrected chi connectivity index (χ1v) is 17.5. The van der Waals surface area contributed by atoms with Crippen molar-refractivity contribution in [1.82, 2.24) is 0 Å². The second-order valence-electron chi connectivity index (χ2n) is 14.0. The molecule has 0 heteroatoms. The first-order chi connectivity index (χ1) is 24.0. The summed E-state index contributed by atoms with van der Waals surface area (Å²) in [6.07, 6.45) is 1.06. The molecule has 0 N–H and O–H groups in total. The lowest BCUT2D eigenvalue weighted by Crippen LogP contribution is -1.97. The van der Waals surface area contributed by atoms with Crippen LogP contribution in [0.5, 0.6) is 0 Å². The maximum Gasteiger partial charge on any atom is -0.00201 e. The van der Waals surface area contributed by atoms with Gasteiger partial charge < -0.3 is 0 Å². The predicted molar refractivity (Wildman–Crippen MR) is 214 cm³/mol. The lowest BCUT2D eigenvalue weighted by atomic mass is 9.83. The second kappa shape index (κ2) is 11.8. The second-order valence-corrected chi connectivity index (χ2v) is 14.0. The van der Waals surface area contributed by atoms with E-state index < -0.39 is 0 Å². The van der Waals surface area contributed by atoms with Crippen LogP contribution in [0.3, 0.4) is 0 Å². The fourth-order valence-corrected chi connectivity index (χ4v) is 8.15. The molecule has 0 amide bonds. The van der Waals surface area contributed by atoms with E-state index in [-0.39, 0.29) is 0 Å². The van der Waals surface area contributed by atoms with E-state index in [2.05, 4.69) is 178 Å². The Hall–Kier alpha value is -5.72. The predicted octanol–water partition coefficient (Wildman–Crippen LogP) is 14.0. The number of hydrogen-bond donors (Lipinski definition) is 0. The molecule has 0 aliphatic rings. The summed E-state index contributed by atoms with van der Waals surface area (Å²) in [4.78, 5) is 0. The average Bonchev–Trinajstić information content (AvgIpc) is 3.14. The summed E-state index contributed by atoms with van der Waals surface area (Å²) in [5.74, 6) is 0.575. The molecular weight excluding hydrogens is 589 g/mol. The zero-order valence-electron chi connectivity index (χ0n) is 28.3. The largest absolute Gasteiger partial charge is 0.0625 e. The third-order valence-corrected chi connectivity index (χ3v) is 10.4. The minimum atomic E-state index is 0.575. The average molecular weight is 627 g/mol. The summed E-state index contributed by atoms with van der Waals surface area (Å²) in [5, 5.41) is 13.1. The zero-order valence-corrected chi connectivity index (χ0v) is 28.3. The maximum atomic E-state index is 2.42. The van der Waals surface area contributed by atoms with E-state index in [9.17, 15) is 0 Å². The van der Waals surface area contributed by atoms with Crippen LogP contribution in [0, 0.1) is 12.8 Å². The fraction of sp³-hybridized carbons (Fsp3) is 0.102. The third-order valence-electron chi connectivity index (χ3n) is 10.4. The zero-order chi connectivity index (χ0) is 33.1. The quantitative estimate of drug-likeness (QED) is 0.132. The van der Waals surface area contributed by atoms with Gasteiger partial charge in [0.15, 0.2) is 0 Å². The smallest absolute Gasteiger partial charge is 0.00201 e. The van der Waals surface area contributed by atoms with E-state index in [0.717, 1.165) is 6.42 Å². The standard InChI is InChI=1S/C49H38/c1-31(2)29-46-37-12-5-4-11-36(37)30-47-38-17-10-18-41(39(38)27-28-40(46)47)49-44-15-8-6-13-42(44)48(43-14-7-9-16-45(43)49)35-25-23-34(24-26-35)33-21-19-32(3)20-22-33/h4-28,30-31H,29H2,1-3H3. The van der Waals surface area contributed by atoms with Crippen molar-refractivity contribution in [2.24, 2.45) is 5.92 Å². The Balaban J connectivity index is 1.30. The molecule has 0 radical (unpaired) electrons. The topological polar surface area (TPSA) is 0 Å². The molecule has 0 saturated heterocycles. The lowest BCUT2D eigenvalue weighted by molar-refractivity contribution is 0.653. The normalized spacial score (nSPS) is 11.8. The summed E-state index contributed by atoms with van der Waals surface area (Å²) in [7, 11) is 0. The molecule has 49 heavy (non-hydrogen) atoms. The summed E-state index contributed by atoms with van der Waals surface area (Å²) < 4.78 is 0. The Bertz CT molecular complexity index is 2630. The minimum absolute atomic E-state index is 0.575. The van der Waals surface area contributed by atoms with Crippen molar-refractivity contribution in [3.05, 3.63) is 169 Å². The van der Waals surface area contributed by atoms with Crippen molar-refractivity contribution in [2.75, 3.05) is 0 Å². The number of hydrogen-bond acceptors (Lipinski definition) is 0. The molecule has 0 saturated carbocycles. The van der Waals surface area contributed by atoms with Gasteiger partial charge in [-0.2, -0.15) is 0 Å². The van der Waals surface area contributed by atoms with Gasteiger partial charge in [0.05, 0.1) is 0 Å². The van der Waals surface area contributed by atoms with Crippen molar-refractivity contribution >= 4 is 53.9 Å². The van der Waals surface area contributed by atoms with E-state index in [1.165, 1.54) is 98.4 Å². The SMILES string of the molecule is Cc1ccc(-c2ccc(-c3c4ccccc4c(-c4cccc5c4ccc4c(CC(C)C)c6ccccc6cc45)c4ccccc34)cc2)cc1. The molecule has 0 fully saturated rings. The Labute approximate surface area is 288 Å². The van der Waals surface area contributed by atoms with Gasteiger partial charge in [0.1, 0.15) is 0 Å². The van der Waals surface area contributed by atoms with E-state index in [4.69, 9.17) is 0 Å². The molecule has 9 aromatic carbocycles. The van der Waals surface area contributed by atoms with Crippen molar-refractivity contribution in [3.8, 4) is 33.4 Å². The molecule has 9 aromatic rings. The monoisotopic (exact) mass is 626 g/mol. The van der Waals surface area contributed by atoms with E-state index >= 15 is 0 Å². The van der Waals surface area contributed by atoms with Crippen LogP contribution in [0.4, 0.5) is 0 Å². The molecule has 0 aliphatic heterocycles. The number of fused-ring (bicyclic) bond motifs is 6. The molecular formula is C49H38. The van der Waals surface area contributed by atoms with Crippen LogP contribution in [0.25, 0.3) is 87.2 Å². The molecule has 0 aliphatic carbocycles. The molecule has 0 aromatic heterocycles. The van der Waals surface area contributed by atoms with Crippen molar-refractivity contribution in [3.63, 3.8) is 0 Å². The Morgan fingerprint density at radius 2 is 0.898 bits per heavy atom. The Morgan fingerprint density at radius 1 is 0.388 bits per heavy atom. The van der Waals surface area contributed by atoms with Gasteiger partial charge in [-0.15, -0.1) is 0 Å². The number of benzene rings is 9. The van der Waals surface area contributed by atoms with Crippen LogP contribution in [0.2, 0.25) is 0 Å². The van der Waals surface area contributed by atoms with Gasteiger partial charge in [0, 0.05) is 0 Å². The third kappa shape index (κ3) is 4.90. The highest BCUT2D eigenvalue weighted by molar-refractivity contribution is 6.25. The van der Waals surface area contributed by atoms with Crippen molar-refractivity contribution in [1.29, 1.82) is 0 Å². The van der Waals surface area contributed by atoms with E-state index in [0.29, 0.717) is 5.92 Å². The van der Waals surface area contributed by atoms with Crippen LogP contribution in [0.1, 0.15) is 25.0 Å². The molecule has 234 valence electrons. The van der Waals surface area contributed by atoms with Crippen LogP contribution in [-0.4, -0.2) is 0 Å². The van der Waals surface area contributed by atoms with E-state index in [1.54, 1.807) is 0 Å². The Morgan fingerprint density at radius 3 is 1.53 bits per heavy atom. The molecule has 0 atom stereocenters. The first kappa shape index (κ1) is 29.4. The lowest BCUT2D eigenvalue weighted by Gasteiger charge is -2.20. The van der Waals surface area contributed by atoms with Gasteiger partial charge in [0.25, 0.3) is 0 Å². The summed E-state index contributed by atoms with van der Waals surface area (Å²) in [6.45, 7) is 6.79. The fourth-order valence-electron chi connectivity index (χ4n) is 8.15. The minimum Gasteiger partial charge on any atom is -0.0625 e. The Kier molecular flexibility index (Phi) is 7.06. The van der Waals surface area contributed by atoms with Gasteiger partial charge in [0.2, 0.25) is 0 Å². The number of rotatable bonds is 5. The molecule has 0 spiro atoms.